The summed E-state index contributed by atoms with van der Waals surface area (Å²) in [5.74, 6) is 0.452. The molecular weight excluding hydrogens is 226 g/mol. The van der Waals surface area contributed by atoms with Gasteiger partial charge in [0.1, 0.15) is 10.8 Å². The molecule has 0 saturated heterocycles. The Kier molecular flexibility index (Phi) is 4.54. The molecular formula is C8H10F2N2O2S. The summed E-state index contributed by atoms with van der Waals surface area (Å²) in [4.78, 5) is 0. The molecule has 1 rings (SSSR count). The van der Waals surface area contributed by atoms with E-state index in [0.29, 0.717) is 12.3 Å². The van der Waals surface area contributed by atoms with Crippen molar-refractivity contribution >= 4 is 10.8 Å². The van der Waals surface area contributed by atoms with E-state index >= 15 is 0 Å². The summed E-state index contributed by atoms with van der Waals surface area (Å²) in [6.45, 7) is 1.82. The highest BCUT2D eigenvalue weighted by atomic mass is 32.2. The molecule has 0 fully saturated rings. The maximum Gasteiger partial charge on any atom is 0.307 e. The first-order valence-corrected chi connectivity index (χ1v) is 5.67. The third-order valence-corrected chi connectivity index (χ3v) is 2.71. The molecule has 0 spiro atoms. The van der Waals surface area contributed by atoms with Crippen LogP contribution < -0.4 is 0 Å². The minimum Gasteiger partial charge on any atom is -0.414 e. The van der Waals surface area contributed by atoms with Crippen molar-refractivity contribution in [2.45, 2.75) is 25.0 Å². The number of allylic oxidation sites excluding steroid dienone is 1. The molecule has 1 unspecified atom stereocenters. The highest BCUT2D eigenvalue weighted by molar-refractivity contribution is 7.84. The summed E-state index contributed by atoms with van der Waals surface area (Å²) in [7, 11) is -1.50. The van der Waals surface area contributed by atoms with E-state index in [0.717, 1.165) is 6.08 Å². The molecule has 0 aliphatic carbocycles. The molecule has 84 valence electrons. The van der Waals surface area contributed by atoms with E-state index in [-0.39, 0.29) is 17.4 Å². The van der Waals surface area contributed by atoms with Gasteiger partial charge in [0.2, 0.25) is 5.89 Å². The fraction of sp³-hybridized carbons (Fsp3) is 0.500. The monoisotopic (exact) mass is 236 g/mol. The maximum absolute atomic E-state index is 11.7. The van der Waals surface area contributed by atoms with Crippen LogP contribution in [0.3, 0.4) is 0 Å². The molecule has 0 aromatic carbocycles. The average molecular weight is 236 g/mol. The maximum atomic E-state index is 11.7. The van der Waals surface area contributed by atoms with E-state index in [2.05, 4.69) is 10.2 Å². The lowest BCUT2D eigenvalue weighted by Gasteiger charge is -1.91. The summed E-state index contributed by atoms with van der Waals surface area (Å²) in [6.07, 6.45) is -0.469. The van der Waals surface area contributed by atoms with E-state index in [1.54, 1.807) is 0 Å². The van der Waals surface area contributed by atoms with Gasteiger partial charge in [-0.25, -0.2) is 4.21 Å². The van der Waals surface area contributed by atoms with Crippen molar-refractivity contribution in [2.24, 2.45) is 0 Å². The minimum atomic E-state index is -1.77. The number of hydrogen-bond acceptors (Lipinski definition) is 4. The number of aryl methyl sites for hydroxylation is 1. The van der Waals surface area contributed by atoms with Gasteiger partial charge < -0.3 is 4.42 Å². The molecule has 7 heteroatoms. The van der Waals surface area contributed by atoms with Gasteiger partial charge >= 0.3 is 5.22 Å². The number of rotatable bonds is 5. The molecule has 1 aromatic rings. The molecule has 0 bridgehead atoms. The minimum absolute atomic E-state index is 0.000448. The van der Waals surface area contributed by atoms with E-state index in [1.165, 1.54) is 0 Å². The molecule has 1 heterocycles. The van der Waals surface area contributed by atoms with Gasteiger partial charge in [0.05, 0.1) is 0 Å². The normalized spacial score (nSPS) is 12.5. The standard InChI is InChI=1S/C8H10F2N2O2S/c1-2-7-11-12-8(14-7)15(13)5-3-4-6(9)10/h4H,2-3,5H2,1H3. The molecule has 1 atom stereocenters. The van der Waals surface area contributed by atoms with Crippen molar-refractivity contribution in [2.75, 3.05) is 5.75 Å². The van der Waals surface area contributed by atoms with Crippen LogP contribution in [0.25, 0.3) is 0 Å². The smallest absolute Gasteiger partial charge is 0.307 e. The average Bonchev–Trinajstić information content (AvgIpc) is 2.65. The van der Waals surface area contributed by atoms with Crippen molar-refractivity contribution < 1.29 is 17.4 Å². The van der Waals surface area contributed by atoms with Gasteiger partial charge in [0, 0.05) is 12.2 Å². The summed E-state index contributed by atoms with van der Waals surface area (Å²) in [5.41, 5.74) is 0. The van der Waals surface area contributed by atoms with Crippen molar-refractivity contribution in [3.05, 3.63) is 18.0 Å². The second-order valence-electron chi connectivity index (χ2n) is 2.65. The first-order chi connectivity index (χ1) is 7.13. The lowest BCUT2D eigenvalue weighted by Crippen LogP contribution is -1.97. The van der Waals surface area contributed by atoms with E-state index < -0.39 is 16.9 Å². The van der Waals surface area contributed by atoms with Crippen LogP contribution in [-0.4, -0.2) is 20.2 Å². The van der Waals surface area contributed by atoms with Gasteiger partial charge in [-0.2, -0.15) is 8.78 Å². The zero-order chi connectivity index (χ0) is 11.3. The lowest BCUT2D eigenvalue weighted by atomic mass is 10.5. The second-order valence-corrected chi connectivity index (χ2v) is 4.10. The number of hydrogen-bond donors (Lipinski definition) is 0. The van der Waals surface area contributed by atoms with Crippen LogP contribution in [-0.2, 0) is 17.2 Å². The number of halogens is 2. The quantitative estimate of drug-likeness (QED) is 0.783. The summed E-state index contributed by atoms with van der Waals surface area (Å²) in [6, 6.07) is 0. The molecule has 0 saturated carbocycles. The van der Waals surface area contributed by atoms with Gasteiger partial charge in [-0.15, -0.1) is 5.10 Å². The molecule has 0 aliphatic rings. The third kappa shape index (κ3) is 3.86. The Hall–Kier alpha value is -1.11. The highest BCUT2D eigenvalue weighted by Crippen LogP contribution is 2.08. The Morgan fingerprint density at radius 1 is 1.53 bits per heavy atom. The van der Waals surface area contributed by atoms with Gasteiger partial charge in [-0.1, -0.05) is 12.0 Å². The predicted molar refractivity (Wildman–Crippen MR) is 49.9 cm³/mol. The van der Waals surface area contributed by atoms with Crippen LogP contribution in [0.2, 0.25) is 0 Å². The van der Waals surface area contributed by atoms with Gasteiger partial charge in [0.15, 0.2) is 0 Å². The fourth-order valence-corrected chi connectivity index (χ4v) is 1.66. The molecule has 1 aromatic heterocycles. The Bertz CT molecular complexity index is 374. The van der Waals surface area contributed by atoms with Crippen molar-refractivity contribution in [3.8, 4) is 0 Å². The van der Waals surface area contributed by atoms with Crippen LogP contribution in [0, 0.1) is 0 Å². The Labute approximate surface area is 87.8 Å². The Balaban J connectivity index is 2.50. The second kappa shape index (κ2) is 5.69. The van der Waals surface area contributed by atoms with Crippen molar-refractivity contribution in [3.63, 3.8) is 0 Å². The fourth-order valence-electron chi connectivity index (χ4n) is 0.835. The lowest BCUT2D eigenvalue weighted by molar-refractivity contribution is 0.409. The van der Waals surface area contributed by atoms with Crippen molar-refractivity contribution in [1.82, 2.24) is 10.2 Å². The predicted octanol–water partition coefficient (Wildman–Crippen LogP) is 1.91. The molecule has 4 nitrogen and oxygen atoms in total. The van der Waals surface area contributed by atoms with Crippen molar-refractivity contribution in [1.29, 1.82) is 0 Å². The summed E-state index contributed by atoms with van der Waals surface area (Å²) >= 11 is 0. The third-order valence-electron chi connectivity index (χ3n) is 1.55. The van der Waals surface area contributed by atoms with E-state index in [4.69, 9.17) is 4.42 Å². The van der Waals surface area contributed by atoms with E-state index in [1.807, 2.05) is 6.92 Å². The molecule has 0 radical (unpaired) electrons. The first kappa shape index (κ1) is 12.0. The Morgan fingerprint density at radius 2 is 2.27 bits per heavy atom. The zero-order valence-electron chi connectivity index (χ0n) is 8.07. The Morgan fingerprint density at radius 3 is 2.80 bits per heavy atom. The highest BCUT2D eigenvalue weighted by Gasteiger charge is 2.11. The number of nitrogens with zero attached hydrogens (tertiary/aromatic N) is 2. The largest absolute Gasteiger partial charge is 0.414 e. The zero-order valence-corrected chi connectivity index (χ0v) is 8.89. The number of aromatic nitrogens is 2. The molecule has 15 heavy (non-hydrogen) atoms. The summed E-state index contributed by atoms with van der Waals surface area (Å²) < 4.78 is 39.7. The van der Waals surface area contributed by atoms with Gasteiger partial charge in [0.25, 0.3) is 6.08 Å². The van der Waals surface area contributed by atoms with E-state index in [9.17, 15) is 13.0 Å². The first-order valence-electron chi connectivity index (χ1n) is 4.35. The van der Waals surface area contributed by atoms with Crippen LogP contribution >= 0.6 is 0 Å². The van der Waals surface area contributed by atoms with Crippen LogP contribution in [0.1, 0.15) is 19.2 Å². The van der Waals surface area contributed by atoms with Gasteiger partial charge in [-0.05, 0) is 12.5 Å². The van der Waals surface area contributed by atoms with Crippen LogP contribution in [0.5, 0.6) is 0 Å². The SMILES string of the molecule is CCc1nnc(S(=O)CCC=C(F)F)o1. The topological polar surface area (TPSA) is 56.0 Å². The van der Waals surface area contributed by atoms with Gasteiger partial charge in [-0.3, -0.25) is 0 Å². The van der Waals surface area contributed by atoms with Crippen LogP contribution in [0.15, 0.2) is 21.8 Å². The summed E-state index contributed by atoms with van der Waals surface area (Å²) in [5, 5.41) is 7.18. The molecule has 0 aliphatic heterocycles. The molecule has 0 N–H and O–H groups in total. The molecule has 0 amide bonds. The van der Waals surface area contributed by atoms with Crippen LogP contribution in [0.4, 0.5) is 8.78 Å².